The van der Waals surface area contributed by atoms with E-state index in [0.717, 1.165) is 0 Å². The van der Waals surface area contributed by atoms with Gasteiger partial charge in [-0.2, -0.15) is 0 Å². The summed E-state index contributed by atoms with van der Waals surface area (Å²) in [5.74, 6) is 1.48. The predicted molar refractivity (Wildman–Crippen MR) is 121 cm³/mol. The standard InChI is InChI=1S/C24H25NO8/c1-28-17-9-13(10-18(29-2)21(17)32-5)7-15-16(24(27)25-23(15)26)8-14-11-19(30-3)22(33-6)20(12-14)31-4/h7-12H,1-6H3,(H,25,26,27)/b15-7+,16-8+. The molecule has 0 saturated carbocycles. The molecular weight excluding hydrogens is 430 g/mol. The summed E-state index contributed by atoms with van der Waals surface area (Å²) in [5, 5.41) is 2.33. The molecule has 1 N–H and O–H groups in total. The van der Waals surface area contributed by atoms with Gasteiger partial charge >= 0.3 is 0 Å². The van der Waals surface area contributed by atoms with Gasteiger partial charge in [0.2, 0.25) is 11.5 Å². The Balaban J connectivity index is 2.14. The van der Waals surface area contributed by atoms with Crippen LogP contribution in [0.25, 0.3) is 12.2 Å². The third-order valence-electron chi connectivity index (χ3n) is 5.00. The Bertz CT molecular complexity index is 1010. The molecule has 2 amide bonds. The van der Waals surface area contributed by atoms with Crippen LogP contribution in [0.2, 0.25) is 0 Å². The minimum Gasteiger partial charge on any atom is -0.493 e. The van der Waals surface area contributed by atoms with E-state index in [0.29, 0.717) is 45.6 Å². The second kappa shape index (κ2) is 9.99. The molecule has 0 bridgehead atoms. The third-order valence-corrected chi connectivity index (χ3v) is 5.00. The summed E-state index contributed by atoms with van der Waals surface area (Å²) in [7, 11) is 8.98. The molecule has 9 nitrogen and oxygen atoms in total. The maximum absolute atomic E-state index is 12.6. The van der Waals surface area contributed by atoms with Crippen molar-refractivity contribution in [2.24, 2.45) is 0 Å². The monoisotopic (exact) mass is 455 g/mol. The average molecular weight is 455 g/mol. The van der Waals surface area contributed by atoms with Gasteiger partial charge in [0.05, 0.1) is 53.8 Å². The van der Waals surface area contributed by atoms with E-state index in [1.165, 1.54) is 42.7 Å². The maximum Gasteiger partial charge on any atom is 0.258 e. The van der Waals surface area contributed by atoms with E-state index in [1.54, 1.807) is 36.4 Å². The molecule has 174 valence electrons. The summed E-state index contributed by atoms with van der Waals surface area (Å²) in [6.07, 6.45) is 3.16. The first-order valence-electron chi connectivity index (χ1n) is 9.80. The van der Waals surface area contributed by atoms with Crippen molar-refractivity contribution < 1.29 is 38.0 Å². The molecule has 1 saturated heterocycles. The highest BCUT2D eigenvalue weighted by Crippen LogP contribution is 2.41. The molecule has 1 heterocycles. The van der Waals surface area contributed by atoms with Crippen LogP contribution in [-0.4, -0.2) is 54.5 Å². The first-order valence-corrected chi connectivity index (χ1v) is 9.80. The Morgan fingerprint density at radius 1 is 0.545 bits per heavy atom. The molecule has 1 aliphatic rings. The average Bonchev–Trinajstić information content (AvgIpc) is 3.09. The van der Waals surface area contributed by atoms with Crippen LogP contribution in [0, 0.1) is 0 Å². The van der Waals surface area contributed by atoms with E-state index in [2.05, 4.69) is 5.32 Å². The van der Waals surface area contributed by atoms with Gasteiger partial charge in [-0.15, -0.1) is 0 Å². The quantitative estimate of drug-likeness (QED) is 0.479. The lowest BCUT2D eigenvalue weighted by molar-refractivity contribution is -0.123. The van der Waals surface area contributed by atoms with Gasteiger partial charge in [0.25, 0.3) is 11.8 Å². The first kappa shape index (κ1) is 23.5. The fourth-order valence-electron chi connectivity index (χ4n) is 3.47. The Morgan fingerprint density at radius 2 is 0.848 bits per heavy atom. The fraction of sp³-hybridized carbons (Fsp3) is 0.250. The number of nitrogens with one attached hydrogen (secondary N) is 1. The lowest BCUT2D eigenvalue weighted by Gasteiger charge is -2.13. The Hall–Kier alpha value is -4.14. The summed E-state index contributed by atoms with van der Waals surface area (Å²) in [4.78, 5) is 25.1. The zero-order valence-electron chi connectivity index (χ0n) is 19.2. The predicted octanol–water partition coefficient (Wildman–Crippen LogP) is 2.86. The van der Waals surface area contributed by atoms with Crippen LogP contribution >= 0.6 is 0 Å². The molecule has 1 aliphatic heterocycles. The van der Waals surface area contributed by atoms with Crippen LogP contribution in [0.3, 0.4) is 0 Å². The minimum atomic E-state index is -0.521. The summed E-state index contributed by atoms with van der Waals surface area (Å²) in [6, 6.07) is 6.73. The number of imide groups is 1. The van der Waals surface area contributed by atoms with Crippen molar-refractivity contribution in [3.63, 3.8) is 0 Å². The van der Waals surface area contributed by atoms with Crippen molar-refractivity contribution in [3.8, 4) is 34.5 Å². The molecule has 0 unspecified atom stereocenters. The number of carbonyl (C=O) groups is 2. The normalized spacial score (nSPS) is 15.5. The summed E-state index contributed by atoms with van der Waals surface area (Å²) < 4.78 is 32.2. The highest BCUT2D eigenvalue weighted by molar-refractivity contribution is 6.28. The molecule has 0 aromatic heterocycles. The molecule has 9 heteroatoms. The van der Waals surface area contributed by atoms with E-state index in [4.69, 9.17) is 28.4 Å². The van der Waals surface area contributed by atoms with Gasteiger partial charge in [0.15, 0.2) is 23.0 Å². The van der Waals surface area contributed by atoms with Gasteiger partial charge in [0, 0.05) is 0 Å². The Labute approximate surface area is 191 Å². The number of hydrogen-bond acceptors (Lipinski definition) is 8. The van der Waals surface area contributed by atoms with Crippen molar-refractivity contribution in [2.45, 2.75) is 0 Å². The van der Waals surface area contributed by atoms with Crippen LogP contribution in [0.5, 0.6) is 34.5 Å². The Morgan fingerprint density at radius 3 is 1.09 bits per heavy atom. The van der Waals surface area contributed by atoms with Crippen molar-refractivity contribution in [3.05, 3.63) is 46.5 Å². The van der Waals surface area contributed by atoms with Crippen LogP contribution in [0.15, 0.2) is 35.4 Å². The van der Waals surface area contributed by atoms with Gasteiger partial charge in [-0.05, 0) is 47.5 Å². The SMILES string of the molecule is COc1cc(/C=C2/C(=O)NC(=O)/C2=C/c2cc(OC)c(OC)c(OC)c2)cc(OC)c1OC. The molecule has 1 fully saturated rings. The zero-order valence-corrected chi connectivity index (χ0v) is 19.2. The summed E-state index contributed by atoms with van der Waals surface area (Å²) in [5.41, 5.74) is 1.53. The van der Waals surface area contributed by atoms with Gasteiger partial charge in [-0.1, -0.05) is 0 Å². The first-order chi connectivity index (χ1) is 15.9. The lowest BCUT2D eigenvalue weighted by atomic mass is 10.0. The maximum atomic E-state index is 12.6. The van der Waals surface area contributed by atoms with Gasteiger partial charge in [0.1, 0.15) is 0 Å². The van der Waals surface area contributed by atoms with E-state index >= 15 is 0 Å². The zero-order chi connectivity index (χ0) is 24.1. The smallest absolute Gasteiger partial charge is 0.258 e. The Kier molecular flexibility index (Phi) is 7.12. The van der Waals surface area contributed by atoms with Crippen molar-refractivity contribution in [1.82, 2.24) is 5.32 Å². The number of amides is 2. The lowest BCUT2D eigenvalue weighted by Crippen LogP contribution is -2.19. The number of rotatable bonds is 8. The minimum absolute atomic E-state index is 0.183. The molecule has 2 aromatic rings. The second-order valence-electron chi connectivity index (χ2n) is 6.82. The molecule has 0 aliphatic carbocycles. The molecule has 2 aromatic carbocycles. The summed E-state index contributed by atoms with van der Waals surface area (Å²) >= 11 is 0. The highest BCUT2D eigenvalue weighted by Gasteiger charge is 2.31. The van der Waals surface area contributed by atoms with Crippen molar-refractivity contribution in [1.29, 1.82) is 0 Å². The van der Waals surface area contributed by atoms with E-state index < -0.39 is 11.8 Å². The highest BCUT2D eigenvalue weighted by atomic mass is 16.5. The number of methoxy groups -OCH3 is 6. The fourth-order valence-corrected chi connectivity index (χ4v) is 3.47. The number of ether oxygens (including phenoxy) is 6. The van der Waals surface area contributed by atoms with Gasteiger partial charge in [-0.25, -0.2) is 0 Å². The molecule has 0 atom stereocenters. The topological polar surface area (TPSA) is 102 Å². The second-order valence-corrected chi connectivity index (χ2v) is 6.82. The largest absolute Gasteiger partial charge is 0.493 e. The van der Waals surface area contributed by atoms with Crippen LogP contribution in [0.1, 0.15) is 11.1 Å². The van der Waals surface area contributed by atoms with Gasteiger partial charge < -0.3 is 28.4 Å². The van der Waals surface area contributed by atoms with Crippen LogP contribution < -0.4 is 33.7 Å². The van der Waals surface area contributed by atoms with Crippen LogP contribution in [0.4, 0.5) is 0 Å². The van der Waals surface area contributed by atoms with Crippen molar-refractivity contribution >= 4 is 24.0 Å². The molecule has 33 heavy (non-hydrogen) atoms. The van der Waals surface area contributed by atoms with E-state index in [-0.39, 0.29) is 11.1 Å². The number of carbonyl (C=O) groups excluding carboxylic acids is 2. The summed E-state index contributed by atoms with van der Waals surface area (Å²) in [6.45, 7) is 0. The molecule has 0 radical (unpaired) electrons. The molecule has 0 spiro atoms. The van der Waals surface area contributed by atoms with Crippen LogP contribution in [-0.2, 0) is 9.59 Å². The molecule has 3 rings (SSSR count). The molecular formula is C24H25NO8. The number of benzene rings is 2. The van der Waals surface area contributed by atoms with E-state index in [1.807, 2.05) is 0 Å². The number of hydrogen-bond donors (Lipinski definition) is 1. The van der Waals surface area contributed by atoms with E-state index in [9.17, 15) is 9.59 Å². The van der Waals surface area contributed by atoms with Gasteiger partial charge in [-0.3, -0.25) is 14.9 Å². The van der Waals surface area contributed by atoms with Crippen molar-refractivity contribution in [2.75, 3.05) is 42.7 Å². The third kappa shape index (κ3) is 4.57.